The van der Waals surface area contributed by atoms with Crippen LogP contribution in [0.4, 0.5) is 5.82 Å². The topological polar surface area (TPSA) is 95.6 Å². The van der Waals surface area contributed by atoms with Crippen molar-refractivity contribution in [3.8, 4) is 11.1 Å². The van der Waals surface area contributed by atoms with E-state index >= 15 is 0 Å². The molecule has 0 unspecified atom stereocenters. The number of aromatic nitrogens is 4. The van der Waals surface area contributed by atoms with Crippen molar-refractivity contribution in [1.82, 2.24) is 19.5 Å². The molecule has 1 atom stereocenters. The van der Waals surface area contributed by atoms with E-state index in [1.807, 2.05) is 43.3 Å². The van der Waals surface area contributed by atoms with Crippen molar-refractivity contribution in [2.45, 2.75) is 19.5 Å². The largest absolute Gasteiger partial charge is 0.383 e. The molecule has 5 rings (SSSR count). The normalized spacial score (nSPS) is 17.2. The van der Waals surface area contributed by atoms with Gasteiger partial charge in [0.2, 0.25) is 0 Å². The highest BCUT2D eigenvalue weighted by Crippen LogP contribution is 2.41. The number of benzene rings is 1. The second kappa shape index (κ2) is 5.37. The lowest BCUT2D eigenvalue weighted by atomic mass is 9.97. The van der Waals surface area contributed by atoms with E-state index in [0.29, 0.717) is 12.4 Å². The minimum Gasteiger partial charge on any atom is -0.383 e. The van der Waals surface area contributed by atoms with Gasteiger partial charge < -0.3 is 16.0 Å². The van der Waals surface area contributed by atoms with Gasteiger partial charge in [0.1, 0.15) is 17.8 Å². The molecule has 6 nitrogen and oxygen atoms in total. The molecule has 1 aromatic carbocycles. The van der Waals surface area contributed by atoms with Crippen molar-refractivity contribution < 1.29 is 1.37 Å². The van der Waals surface area contributed by atoms with Crippen LogP contribution in [0.3, 0.4) is 0 Å². The van der Waals surface area contributed by atoms with E-state index in [4.69, 9.17) is 12.8 Å². The Hall–Kier alpha value is -3.25. The number of nitrogens with zero attached hydrogens (tertiary/aromatic N) is 4. The highest BCUT2D eigenvalue weighted by atomic mass is 15.1. The van der Waals surface area contributed by atoms with Crippen molar-refractivity contribution in [1.29, 1.82) is 0 Å². The molecular weight excluding hydrogens is 324 g/mol. The van der Waals surface area contributed by atoms with Crippen LogP contribution < -0.4 is 11.5 Å². The monoisotopic (exact) mass is 343 g/mol. The third-order valence-corrected chi connectivity index (χ3v) is 4.90. The molecule has 6 heteroatoms. The van der Waals surface area contributed by atoms with Crippen LogP contribution >= 0.6 is 0 Å². The number of hydrogen-bond acceptors (Lipinski definition) is 5. The van der Waals surface area contributed by atoms with Gasteiger partial charge in [-0.25, -0.2) is 9.97 Å². The smallest absolute Gasteiger partial charge is 0.146 e. The summed E-state index contributed by atoms with van der Waals surface area (Å²) in [6, 6.07) is 9.69. The molecule has 26 heavy (non-hydrogen) atoms. The maximum Gasteiger partial charge on any atom is 0.146 e. The van der Waals surface area contributed by atoms with Gasteiger partial charge in [-0.3, -0.25) is 4.98 Å². The van der Waals surface area contributed by atoms with Gasteiger partial charge >= 0.3 is 0 Å². The van der Waals surface area contributed by atoms with Crippen LogP contribution in [0.15, 0.2) is 48.9 Å². The van der Waals surface area contributed by atoms with E-state index in [2.05, 4.69) is 19.5 Å². The van der Waals surface area contributed by atoms with Gasteiger partial charge in [-0.15, -0.1) is 0 Å². The highest BCUT2D eigenvalue weighted by molar-refractivity contribution is 6.06. The standard InChI is InChI=1S/C20H18N6/c1-11-6-14(21)9-26-18(11)16(17-19(22)24-10-25-20(17)26)13-7-12-4-2-3-5-15(12)23-8-13/h2-8,10,14H,9,21H2,1H3,(H2,22,24,25)/t14-/m0/s1/i8D. The zero-order valence-corrected chi connectivity index (χ0v) is 14.3. The van der Waals surface area contributed by atoms with Crippen LogP contribution in [-0.4, -0.2) is 25.6 Å². The number of anilines is 1. The summed E-state index contributed by atoms with van der Waals surface area (Å²) in [6.45, 7) is 2.63. The van der Waals surface area contributed by atoms with Crippen LogP contribution in [0.2, 0.25) is 0 Å². The van der Waals surface area contributed by atoms with E-state index in [0.717, 1.165) is 44.3 Å². The van der Waals surface area contributed by atoms with Gasteiger partial charge in [0.15, 0.2) is 0 Å². The Balaban J connectivity index is 1.94. The summed E-state index contributed by atoms with van der Waals surface area (Å²) in [5, 5.41) is 1.72. The lowest BCUT2D eigenvalue weighted by molar-refractivity contribution is 0.625. The fraction of sp³-hybridized carbons (Fsp3) is 0.150. The molecule has 1 aliphatic heterocycles. The van der Waals surface area contributed by atoms with E-state index in [1.54, 1.807) is 0 Å². The molecule has 1 aliphatic rings. The highest BCUT2D eigenvalue weighted by Gasteiger charge is 2.26. The number of fused-ring (bicyclic) bond motifs is 4. The van der Waals surface area contributed by atoms with Crippen molar-refractivity contribution in [3.63, 3.8) is 0 Å². The van der Waals surface area contributed by atoms with Gasteiger partial charge in [-0.2, -0.15) is 0 Å². The Kier molecular flexibility index (Phi) is 2.89. The Bertz CT molecular complexity index is 1260. The van der Waals surface area contributed by atoms with Gasteiger partial charge in [0.05, 0.1) is 18.0 Å². The van der Waals surface area contributed by atoms with Gasteiger partial charge in [-0.1, -0.05) is 24.3 Å². The fourth-order valence-corrected chi connectivity index (χ4v) is 3.85. The third kappa shape index (κ3) is 2.06. The molecule has 0 fully saturated rings. The van der Waals surface area contributed by atoms with Crippen LogP contribution in [0, 0.1) is 0 Å². The predicted octanol–water partition coefficient (Wildman–Crippen LogP) is 2.97. The number of nitrogen functional groups attached to an aromatic ring is 1. The molecular formula is C20H18N6. The SMILES string of the molecule is [2H]c1nc2ccccc2cc1-c1c2n(c3ncnc(N)c13)C[C@@H](N)C=C2C. The Morgan fingerprint density at radius 3 is 2.96 bits per heavy atom. The molecule has 0 amide bonds. The first-order chi connectivity index (χ1) is 13.0. The predicted molar refractivity (Wildman–Crippen MR) is 104 cm³/mol. The molecule has 0 spiro atoms. The summed E-state index contributed by atoms with van der Waals surface area (Å²) < 4.78 is 10.6. The molecule has 0 aliphatic carbocycles. The number of para-hydroxylation sites is 1. The van der Waals surface area contributed by atoms with Crippen LogP contribution in [-0.2, 0) is 6.54 Å². The number of rotatable bonds is 1. The molecule has 3 aromatic heterocycles. The lowest BCUT2D eigenvalue weighted by Gasteiger charge is -2.21. The van der Waals surface area contributed by atoms with E-state index in [-0.39, 0.29) is 12.2 Å². The summed E-state index contributed by atoms with van der Waals surface area (Å²) in [6.07, 6.45) is 3.71. The van der Waals surface area contributed by atoms with Gasteiger partial charge in [0, 0.05) is 35.3 Å². The van der Waals surface area contributed by atoms with E-state index < -0.39 is 0 Å². The molecule has 0 radical (unpaired) electrons. The maximum absolute atomic E-state index is 8.55. The van der Waals surface area contributed by atoms with Gasteiger partial charge in [0.25, 0.3) is 0 Å². The average Bonchev–Trinajstić information content (AvgIpc) is 2.97. The first kappa shape index (κ1) is 14.0. The van der Waals surface area contributed by atoms with Crippen molar-refractivity contribution in [3.05, 3.63) is 54.6 Å². The maximum atomic E-state index is 8.55. The Morgan fingerprint density at radius 2 is 2.08 bits per heavy atom. The Labute approximate surface area is 151 Å². The van der Waals surface area contributed by atoms with E-state index in [1.165, 1.54) is 6.33 Å². The van der Waals surface area contributed by atoms with Gasteiger partial charge in [-0.05, 0) is 24.6 Å². The number of pyridine rings is 1. The third-order valence-electron chi connectivity index (χ3n) is 4.90. The summed E-state index contributed by atoms with van der Waals surface area (Å²) in [5.74, 6) is 0.394. The van der Waals surface area contributed by atoms with Crippen molar-refractivity contribution >= 4 is 33.3 Å². The summed E-state index contributed by atoms with van der Waals surface area (Å²) in [5.41, 5.74) is 17.6. The van der Waals surface area contributed by atoms with Crippen molar-refractivity contribution in [2.75, 3.05) is 5.73 Å². The number of hydrogen-bond donors (Lipinski definition) is 2. The molecule has 0 saturated heterocycles. The quantitative estimate of drug-likeness (QED) is 0.554. The fourth-order valence-electron chi connectivity index (χ4n) is 3.85. The summed E-state index contributed by atoms with van der Waals surface area (Å²) in [7, 11) is 0. The summed E-state index contributed by atoms with van der Waals surface area (Å²) in [4.78, 5) is 13.2. The average molecular weight is 343 g/mol. The minimum absolute atomic E-state index is 0.0951. The van der Waals surface area contributed by atoms with E-state index in [9.17, 15) is 0 Å². The molecule has 0 saturated carbocycles. The molecule has 4 N–H and O–H groups in total. The zero-order valence-electron chi connectivity index (χ0n) is 15.3. The first-order valence-corrected chi connectivity index (χ1v) is 8.48. The molecule has 128 valence electrons. The van der Waals surface area contributed by atoms with Crippen molar-refractivity contribution in [2.24, 2.45) is 5.73 Å². The van der Waals surface area contributed by atoms with Crippen LogP contribution in [0.5, 0.6) is 0 Å². The molecule has 4 heterocycles. The second-order valence-electron chi connectivity index (χ2n) is 6.65. The minimum atomic E-state index is -0.0951. The number of allylic oxidation sites excluding steroid dienone is 1. The Morgan fingerprint density at radius 1 is 1.23 bits per heavy atom. The number of nitrogens with two attached hydrogens (primary N) is 2. The van der Waals surface area contributed by atoms with Crippen LogP contribution in [0.25, 0.3) is 38.6 Å². The summed E-state index contributed by atoms with van der Waals surface area (Å²) >= 11 is 0. The zero-order chi connectivity index (χ0) is 18.7. The first-order valence-electron chi connectivity index (χ1n) is 8.98. The second-order valence-corrected chi connectivity index (χ2v) is 6.65. The lowest BCUT2D eigenvalue weighted by Crippen LogP contribution is -2.28. The molecule has 4 aromatic rings. The van der Waals surface area contributed by atoms with Crippen LogP contribution in [0.1, 0.15) is 14.0 Å². The molecule has 0 bridgehead atoms.